The van der Waals surface area contributed by atoms with E-state index in [1.165, 1.54) is 22.8 Å². The topological polar surface area (TPSA) is 56.1 Å². The molecule has 1 atom stereocenters. The minimum absolute atomic E-state index is 0.0535. The summed E-state index contributed by atoms with van der Waals surface area (Å²) in [5, 5.41) is 11.3. The highest BCUT2D eigenvalue weighted by atomic mass is 19.1. The van der Waals surface area contributed by atoms with Gasteiger partial charge in [-0.25, -0.2) is 4.39 Å². The highest BCUT2D eigenvalue weighted by Crippen LogP contribution is 2.45. The van der Waals surface area contributed by atoms with Crippen LogP contribution in [0.15, 0.2) is 48.5 Å². The lowest BCUT2D eigenvalue weighted by Gasteiger charge is -2.41. The summed E-state index contributed by atoms with van der Waals surface area (Å²) in [7, 11) is 3.33. The standard InChI is InChI=1S/C30H31FN2O4/c1-18-4-5-19(10-25(18)31)16-37-30-14-22-20(11-29(30)36-3)8-9-32-15-28-24(13-27(22)32)23-12-21(35-2)6-7-26(23)33(28)17-34/h4-7,10-12,14,27,34H,8-9,13,15-17H2,1-3H3. The van der Waals surface area contributed by atoms with Gasteiger partial charge in [0.2, 0.25) is 0 Å². The average molecular weight is 503 g/mol. The van der Waals surface area contributed by atoms with E-state index in [1.807, 2.05) is 22.8 Å². The quantitative estimate of drug-likeness (QED) is 0.388. The van der Waals surface area contributed by atoms with Gasteiger partial charge in [-0.1, -0.05) is 12.1 Å². The first kappa shape index (κ1) is 23.8. The molecule has 0 fully saturated rings. The molecule has 0 spiro atoms. The van der Waals surface area contributed by atoms with Gasteiger partial charge in [0, 0.05) is 30.2 Å². The Morgan fingerprint density at radius 2 is 1.89 bits per heavy atom. The van der Waals surface area contributed by atoms with Crippen LogP contribution in [0.4, 0.5) is 4.39 Å². The zero-order valence-electron chi connectivity index (χ0n) is 21.4. The highest BCUT2D eigenvalue weighted by molar-refractivity contribution is 5.87. The van der Waals surface area contributed by atoms with Gasteiger partial charge < -0.3 is 23.9 Å². The number of aliphatic hydroxyl groups is 1. The van der Waals surface area contributed by atoms with E-state index in [2.05, 4.69) is 23.1 Å². The van der Waals surface area contributed by atoms with Crippen LogP contribution >= 0.6 is 0 Å². The second kappa shape index (κ2) is 9.39. The van der Waals surface area contributed by atoms with Crippen molar-refractivity contribution in [1.82, 2.24) is 9.47 Å². The fraction of sp³-hybridized carbons (Fsp3) is 0.333. The number of aliphatic hydroxyl groups excluding tert-OH is 1. The average Bonchev–Trinajstić information content (AvgIpc) is 3.23. The Hall–Kier alpha value is -3.55. The van der Waals surface area contributed by atoms with Gasteiger partial charge in [-0.05, 0) is 84.0 Å². The Balaban J connectivity index is 1.37. The second-order valence-electron chi connectivity index (χ2n) is 9.89. The lowest BCUT2D eigenvalue weighted by atomic mass is 9.85. The van der Waals surface area contributed by atoms with E-state index in [9.17, 15) is 9.50 Å². The minimum atomic E-state index is -0.231. The number of hydrogen-bond donors (Lipinski definition) is 1. The molecular weight excluding hydrogens is 471 g/mol. The van der Waals surface area contributed by atoms with Crippen LogP contribution in [-0.4, -0.2) is 35.3 Å². The molecule has 4 aromatic rings. The Morgan fingerprint density at radius 1 is 1.03 bits per heavy atom. The third-order valence-corrected chi connectivity index (χ3v) is 7.91. The van der Waals surface area contributed by atoms with E-state index >= 15 is 0 Å². The molecule has 1 N–H and O–H groups in total. The SMILES string of the molecule is COc1ccc2c(c1)c1c(n2CO)CN2CCc3cc(OC)c(OCc4ccc(C)c(F)c4)cc3C2C1. The fourth-order valence-electron chi connectivity index (χ4n) is 5.89. The van der Waals surface area contributed by atoms with Crippen molar-refractivity contribution < 1.29 is 23.7 Å². The van der Waals surface area contributed by atoms with Gasteiger partial charge in [0.15, 0.2) is 11.5 Å². The van der Waals surface area contributed by atoms with Crippen LogP contribution in [0.3, 0.4) is 0 Å². The zero-order valence-corrected chi connectivity index (χ0v) is 21.4. The molecule has 0 bridgehead atoms. The number of aryl methyl sites for hydroxylation is 1. The summed E-state index contributed by atoms with van der Waals surface area (Å²) in [4.78, 5) is 2.48. The van der Waals surface area contributed by atoms with E-state index in [0.717, 1.165) is 53.8 Å². The van der Waals surface area contributed by atoms with Gasteiger partial charge in [-0.15, -0.1) is 0 Å². The maximum absolute atomic E-state index is 14.1. The number of halogens is 1. The number of ether oxygens (including phenoxy) is 3. The van der Waals surface area contributed by atoms with Crippen LogP contribution in [0.25, 0.3) is 10.9 Å². The summed E-state index contributed by atoms with van der Waals surface area (Å²) in [6, 6.07) is 15.6. The van der Waals surface area contributed by atoms with Crippen molar-refractivity contribution in [2.45, 2.75) is 45.7 Å². The molecule has 1 aromatic heterocycles. The molecule has 3 heterocycles. The first-order chi connectivity index (χ1) is 18.0. The maximum atomic E-state index is 14.1. The van der Waals surface area contributed by atoms with Crippen molar-refractivity contribution >= 4 is 10.9 Å². The Labute approximate surface area is 215 Å². The smallest absolute Gasteiger partial charge is 0.162 e. The fourth-order valence-corrected chi connectivity index (χ4v) is 5.89. The molecule has 3 aromatic carbocycles. The molecule has 0 saturated carbocycles. The summed E-state index contributed by atoms with van der Waals surface area (Å²) >= 11 is 0. The molecule has 2 aliphatic heterocycles. The van der Waals surface area contributed by atoms with Gasteiger partial charge in [0.1, 0.15) is 24.9 Å². The normalized spacial score (nSPS) is 16.7. The van der Waals surface area contributed by atoms with Crippen molar-refractivity contribution in [3.63, 3.8) is 0 Å². The summed E-state index contributed by atoms with van der Waals surface area (Å²) in [5.74, 6) is 1.93. The number of benzene rings is 3. The van der Waals surface area contributed by atoms with Gasteiger partial charge in [0.05, 0.1) is 19.7 Å². The van der Waals surface area contributed by atoms with Crippen LogP contribution in [0.1, 0.15) is 39.6 Å². The maximum Gasteiger partial charge on any atom is 0.162 e. The van der Waals surface area contributed by atoms with Gasteiger partial charge in [0.25, 0.3) is 0 Å². The molecule has 0 saturated heterocycles. The summed E-state index contributed by atoms with van der Waals surface area (Å²) in [6.45, 7) is 3.65. The van der Waals surface area contributed by atoms with E-state index < -0.39 is 0 Å². The van der Waals surface area contributed by atoms with E-state index in [-0.39, 0.29) is 25.2 Å². The van der Waals surface area contributed by atoms with Crippen molar-refractivity contribution in [1.29, 1.82) is 0 Å². The van der Waals surface area contributed by atoms with Gasteiger partial charge in [-0.2, -0.15) is 0 Å². The molecule has 192 valence electrons. The highest BCUT2D eigenvalue weighted by Gasteiger charge is 2.36. The first-order valence-electron chi connectivity index (χ1n) is 12.6. The minimum Gasteiger partial charge on any atom is -0.497 e. The molecule has 0 aliphatic carbocycles. The molecule has 0 radical (unpaired) electrons. The van der Waals surface area contributed by atoms with Crippen molar-refractivity contribution in [3.05, 3.63) is 87.9 Å². The number of aromatic nitrogens is 1. The predicted molar refractivity (Wildman–Crippen MR) is 140 cm³/mol. The van der Waals surface area contributed by atoms with Crippen LogP contribution < -0.4 is 14.2 Å². The molecule has 2 aliphatic rings. The van der Waals surface area contributed by atoms with Crippen LogP contribution in [0.2, 0.25) is 0 Å². The second-order valence-corrected chi connectivity index (χ2v) is 9.89. The van der Waals surface area contributed by atoms with Crippen molar-refractivity contribution in [3.8, 4) is 17.2 Å². The summed E-state index contributed by atoms with van der Waals surface area (Å²) < 4.78 is 33.4. The van der Waals surface area contributed by atoms with Crippen LogP contribution in [-0.2, 0) is 32.7 Å². The molecule has 7 heteroatoms. The van der Waals surface area contributed by atoms with Crippen LogP contribution in [0, 0.1) is 12.7 Å². The zero-order chi connectivity index (χ0) is 25.7. The molecule has 1 unspecified atom stereocenters. The Bertz CT molecular complexity index is 1500. The molecule has 0 amide bonds. The summed E-state index contributed by atoms with van der Waals surface area (Å²) in [5.41, 5.74) is 7.33. The lowest BCUT2D eigenvalue weighted by Crippen LogP contribution is -2.39. The number of methoxy groups -OCH3 is 2. The third-order valence-electron chi connectivity index (χ3n) is 7.91. The molecular formula is C30H31FN2O4. The predicted octanol–water partition coefficient (Wildman–Crippen LogP) is 5.29. The number of rotatable bonds is 6. The van der Waals surface area contributed by atoms with E-state index in [4.69, 9.17) is 14.2 Å². The van der Waals surface area contributed by atoms with Crippen molar-refractivity contribution in [2.24, 2.45) is 0 Å². The largest absolute Gasteiger partial charge is 0.497 e. The third kappa shape index (κ3) is 4.03. The van der Waals surface area contributed by atoms with Gasteiger partial charge in [-0.3, -0.25) is 4.90 Å². The molecule has 37 heavy (non-hydrogen) atoms. The van der Waals surface area contributed by atoms with Gasteiger partial charge >= 0.3 is 0 Å². The molecule has 6 rings (SSSR count). The first-order valence-corrected chi connectivity index (χ1v) is 12.6. The Kier molecular flexibility index (Phi) is 6.05. The lowest BCUT2D eigenvalue weighted by molar-refractivity contribution is 0.145. The summed E-state index contributed by atoms with van der Waals surface area (Å²) in [6.07, 6.45) is 1.74. The van der Waals surface area contributed by atoms with E-state index in [0.29, 0.717) is 17.1 Å². The number of hydrogen-bond acceptors (Lipinski definition) is 5. The monoisotopic (exact) mass is 502 g/mol. The van der Waals surface area contributed by atoms with E-state index in [1.54, 1.807) is 27.2 Å². The Morgan fingerprint density at radius 3 is 2.65 bits per heavy atom. The van der Waals surface area contributed by atoms with Crippen LogP contribution in [0.5, 0.6) is 17.2 Å². The van der Waals surface area contributed by atoms with Crippen molar-refractivity contribution in [2.75, 3.05) is 20.8 Å². The number of fused-ring (bicyclic) bond motifs is 6. The molecule has 6 nitrogen and oxygen atoms in total. The number of nitrogens with zero attached hydrogens (tertiary/aromatic N) is 2.